The van der Waals surface area contributed by atoms with E-state index < -0.39 is 35.2 Å². The van der Waals surface area contributed by atoms with Crippen molar-refractivity contribution >= 4 is 27.6 Å². The minimum Gasteiger partial charge on any atom is -0.436 e. The van der Waals surface area contributed by atoms with Crippen molar-refractivity contribution in [3.8, 4) is 0 Å². The van der Waals surface area contributed by atoms with E-state index in [9.17, 15) is 18.4 Å². The van der Waals surface area contributed by atoms with Gasteiger partial charge in [-0.25, -0.2) is 18.7 Å². The number of hydrogen-bond donors (Lipinski definition) is 0. The molecule has 1 atom stereocenters. The van der Waals surface area contributed by atoms with Crippen molar-refractivity contribution in [3.63, 3.8) is 0 Å². The average molecular weight is 395 g/mol. The number of nitrogens with zero attached hydrogens (tertiary/aromatic N) is 1. The molecule has 154 valence electrons. The second kappa shape index (κ2) is 9.54. The number of carbonyl (C=O) groups is 2. The van der Waals surface area contributed by atoms with Crippen LogP contribution >= 0.6 is 0 Å². The molecule has 0 N–H and O–H groups in total. The SMILES string of the molecule is BCC(B)C(C)(C)C(=O)N(Cc1cc(F)cc(F)c1)OCOC(=O)C(C)(C)C. The first-order chi connectivity index (χ1) is 12.8. The molecule has 0 bridgehead atoms. The molecule has 1 aromatic carbocycles. The molecular weight excluding hydrogens is 366 g/mol. The first-order valence-electron chi connectivity index (χ1n) is 9.36. The zero-order valence-electron chi connectivity index (χ0n) is 17.8. The van der Waals surface area contributed by atoms with E-state index in [0.29, 0.717) is 0 Å². The number of esters is 1. The van der Waals surface area contributed by atoms with E-state index in [1.54, 1.807) is 34.6 Å². The third-order valence-corrected chi connectivity index (χ3v) is 4.88. The smallest absolute Gasteiger partial charge is 0.313 e. The number of ether oxygens (including phenoxy) is 1. The Labute approximate surface area is 167 Å². The van der Waals surface area contributed by atoms with Gasteiger partial charge >= 0.3 is 5.97 Å². The van der Waals surface area contributed by atoms with Crippen LogP contribution < -0.4 is 0 Å². The van der Waals surface area contributed by atoms with Crippen LogP contribution in [0.25, 0.3) is 0 Å². The van der Waals surface area contributed by atoms with E-state index in [0.717, 1.165) is 29.6 Å². The van der Waals surface area contributed by atoms with Crippen molar-refractivity contribution in [1.82, 2.24) is 5.06 Å². The van der Waals surface area contributed by atoms with Crippen molar-refractivity contribution in [1.29, 1.82) is 0 Å². The summed E-state index contributed by atoms with van der Waals surface area (Å²) in [5, 5.41) is 1.01. The summed E-state index contributed by atoms with van der Waals surface area (Å²) in [6.07, 6.45) is 0.764. The van der Waals surface area contributed by atoms with Crippen molar-refractivity contribution in [2.75, 3.05) is 6.79 Å². The van der Waals surface area contributed by atoms with Crippen molar-refractivity contribution in [3.05, 3.63) is 35.4 Å². The van der Waals surface area contributed by atoms with Gasteiger partial charge in [-0.05, 0) is 38.5 Å². The lowest BCUT2D eigenvalue weighted by Crippen LogP contribution is -2.43. The van der Waals surface area contributed by atoms with Crippen LogP contribution in [0.5, 0.6) is 0 Å². The Kier molecular flexibility index (Phi) is 8.23. The zero-order valence-corrected chi connectivity index (χ0v) is 17.8. The van der Waals surface area contributed by atoms with E-state index in [1.165, 1.54) is 0 Å². The molecule has 1 aromatic rings. The third kappa shape index (κ3) is 6.62. The normalized spacial score (nSPS) is 13.1. The monoisotopic (exact) mass is 395 g/mol. The Morgan fingerprint density at radius 3 is 2.11 bits per heavy atom. The maximum Gasteiger partial charge on any atom is 0.313 e. The Hall–Kier alpha value is -1.89. The van der Waals surface area contributed by atoms with Crippen LogP contribution in [0.15, 0.2) is 18.2 Å². The van der Waals surface area contributed by atoms with Gasteiger partial charge in [-0.2, -0.15) is 0 Å². The fraction of sp³-hybridized carbons (Fsp3) is 0.579. The molecule has 0 aliphatic heterocycles. The number of benzene rings is 1. The molecule has 1 unspecified atom stereocenters. The van der Waals surface area contributed by atoms with Crippen LogP contribution in [-0.2, 0) is 25.7 Å². The van der Waals surface area contributed by atoms with Gasteiger partial charge in [0.1, 0.15) is 27.3 Å². The minimum absolute atomic E-state index is 0.0347. The molecule has 5 nitrogen and oxygen atoms in total. The summed E-state index contributed by atoms with van der Waals surface area (Å²) in [7, 11) is 3.91. The van der Waals surface area contributed by atoms with Crippen molar-refractivity contribution in [2.24, 2.45) is 10.8 Å². The highest BCUT2D eigenvalue weighted by atomic mass is 19.1. The number of rotatable bonds is 8. The van der Waals surface area contributed by atoms with Gasteiger partial charge in [-0.1, -0.05) is 26.0 Å². The maximum atomic E-state index is 13.5. The lowest BCUT2D eigenvalue weighted by atomic mass is 9.61. The molecule has 0 fully saturated rings. The Morgan fingerprint density at radius 2 is 1.64 bits per heavy atom. The second-order valence-corrected chi connectivity index (χ2v) is 8.58. The zero-order chi connectivity index (χ0) is 21.7. The molecule has 0 aliphatic carbocycles. The Morgan fingerprint density at radius 1 is 1.11 bits per heavy atom. The molecule has 0 aliphatic rings. The molecular formula is C19H29B2F2NO4. The summed E-state index contributed by atoms with van der Waals surface area (Å²) in [4.78, 5) is 30.4. The standard InChI is InChI=1S/C19H29B2F2NO4/c1-18(2,3)17(26)27-11-28-24(16(25)19(4,5)15(21)9-20)10-12-6-13(22)8-14(23)7-12/h6-8,15H,9-11,20-21H2,1-5H3. The van der Waals surface area contributed by atoms with E-state index in [2.05, 4.69) is 0 Å². The molecule has 0 heterocycles. The summed E-state index contributed by atoms with van der Waals surface area (Å²) < 4.78 is 32.1. The molecule has 28 heavy (non-hydrogen) atoms. The van der Waals surface area contributed by atoms with Gasteiger partial charge in [0, 0.05) is 11.5 Å². The number of hydroxylamine groups is 2. The Balaban J connectivity index is 3.02. The predicted molar refractivity (Wildman–Crippen MR) is 108 cm³/mol. The molecule has 9 heteroatoms. The van der Waals surface area contributed by atoms with E-state index in [-0.39, 0.29) is 23.8 Å². The molecule has 0 spiro atoms. The third-order valence-electron chi connectivity index (χ3n) is 4.88. The van der Waals surface area contributed by atoms with Crippen molar-refractivity contribution < 1.29 is 27.9 Å². The van der Waals surface area contributed by atoms with Crippen LogP contribution in [0.3, 0.4) is 0 Å². The first-order valence-corrected chi connectivity index (χ1v) is 9.36. The predicted octanol–water partition coefficient (Wildman–Crippen LogP) is 2.27. The summed E-state index contributed by atoms with van der Waals surface area (Å²) in [6, 6.07) is 3.01. The molecule has 1 amide bonds. The molecule has 0 saturated carbocycles. The number of halogens is 2. The van der Waals surface area contributed by atoms with Crippen LogP contribution in [-0.4, -0.2) is 39.4 Å². The van der Waals surface area contributed by atoms with Gasteiger partial charge in [-0.15, -0.1) is 0 Å². The summed E-state index contributed by atoms with van der Waals surface area (Å²) in [5.41, 5.74) is -1.28. The van der Waals surface area contributed by atoms with Crippen molar-refractivity contribution in [2.45, 2.75) is 53.3 Å². The van der Waals surface area contributed by atoms with Gasteiger partial charge in [0.25, 0.3) is 5.91 Å². The van der Waals surface area contributed by atoms with Crippen LogP contribution in [0.4, 0.5) is 8.78 Å². The maximum absolute atomic E-state index is 13.5. The fourth-order valence-electron chi connectivity index (χ4n) is 2.45. The average Bonchev–Trinajstić information content (AvgIpc) is 2.57. The second-order valence-electron chi connectivity index (χ2n) is 8.58. The van der Waals surface area contributed by atoms with Gasteiger partial charge < -0.3 is 4.74 Å². The first kappa shape index (κ1) is 24.1. The number of carbonyl (C=O) groups excluding carboxylic acids is 2. The Bertz CT molecular complexity index is 687. The number of hydrogen-bond acceptors (Lipinski definition) is 4. The van der Waals surface area contributed by atoms with E-state index >= 15 is 0 Å². The molecule has 0 radical (unpaired) electrons. The summed E-state index contributed by atoms with van der Waals surface area (Å²) in [5.74, 6) is -2.31. The lowest BCUT2D eigenvalue weighted by molar-refractivity contribution is -0.236. The van der Waals surface area contributed by atoms with Gasteiger partial charge in [0.15, 0.2) is 0 Å². The molecule has 1 rings (SSSR count). The summed E-state index contributed by atoms with van der Waals surface area (Å²) in [6.45, 7) is 8.00. The van der Waals surface area contributed by atoms with Gasteiger partial charge in [0.05, 0.1) is 12.0 Å². The summed E-state index contributed by atoms with van der Waals surface area (Å²) >= 11 is 0. The topological polar surface area (TPSA) is 55.8 Å². The van der Waals surface area contributed by atoms with Crippen LogP contribution in [0.2, 0.25) is 12.1 Å². The highest BCUT2D eigenvalue weighted by Gasteiger charge is 2.37. The van der Waals surface area contributed by atoms with Crippen LogP contribution in [0.1, 0.15) is 40.2 Å². The largest absolute Gasteiger partial charge is 0.436 e. The van der Waals surface area contributed by atoms with Gasteiger partial charge in [0.2, 0.25) is 6.79 Å². The molecule has 0 aromatic heterocycles. The van der Waals surface area contributed by atoms with Crippen LogP contribution in [0, 0.1) is 22.5 Å². The van der Waals surface area contributed by atoms with E-state index in [4.69, 9.17) is 9.57 Å². The lowest BCUT2D eigenvalue weighted by Gasteiger charge is -2.35. The minimum atomic E-state index is -0.783. The number of amides is 1. The van der Waals surface area contributed by atoms with E-state index in [1.807, 2.05) is 15.7 Å². The van der Waals surface area contributed by atoms with Gasteiger partial charge in [-0.3, -0.25) is 9.59 Å². The quantitative estimate of drug-likeness (QED) is 0.294. The fourth-order valence-corrected chi connectivity index (χ4v) is 2.45. The highest BCUT2D eigenvalue weighted by molar-refractivity contribution is 6.20. The molecule has 0 saturated heterocycles. The highest BCUT2D eigenvalue weighted by Crippen LogP contribution is 2.34.